The number of carbonyl (C=O) groups excluding carboxylic acids is 1. The molecule has 0 aromatic rings. The standard InChI is InChI=1S/C6H7NO2.2ClH/c7-6(8)5-1-3-9-4-2-5;;/h1-3H,4H2,(H2,7,8);2*1H. The molecule has 3 nitrogen and oxygen atoms in total. The van der Waals surface area contributed by atoms with Crippen molar-refractivity contribution < 1.29 is 9.53 Å². The zero-order chi connectivity index (χ0) is 6.69. The number of rotatable bonds is 1. The van der Waals surface area contributed by atoms with Crippen molar-refractivity contribution in [2.75, 3.05) is 6.61 Å². The van der Waals surface area contributed by atoms with E-state index < -0.39 is 5.91 Å². The molecule has 11 heavy (non-hydrogen) atoms. The number of halogens is 2. The van der Waals surface area contributed by atoms with Gasteiger partial charge in [0.2, 0.25) is 5.91 Å². The lowest BCUT2D eigenvalue weighted by Crippen LogP contribution is -2.14. The predicted octanol–water partition coefficient (Wildman–Crippen LogP) is 0.786. The average molecular weight is 198 g/mol. The fourth-order valence-electron chi connectivity index (χ4n) is 0.566. The van der Waals surface area contributed by atoms with E-state index >= 15 is 0 Å². The summed E-state index contributed by atoms with van der Waals surface area (Å²) in [6.45, 7) is 0.439. The maximum Gasteiger partial charge on any atom is 0.248 e. The van der Waals surface area contributed by atoms with Gasteiger partial charge < -0.3 is 10.5 Å². The van der Waals surface area contributed by atoms with Crippen LogP contribution in [0.2, 0.25) is 0 Å². The van der Waals surface area contributed by atoms with Crippen LogP contribution in [0.25, 0.3) is 0 Å². The Balaban J connectivity index is 0. The Morgan fingerprint density at radius 1 is 1.55 bits per heavy atom. The largest absolute Gasteiger partial charge is 0.497 e. The smallest absolute Gasteiger partial charge is 0.248 e. The Labute approximate surface area is 77.1 Å². The second kappa shape index (κ2) is 6.07. The van der Waals surface area contributed by atoms with E-state index in [1.807, 2.05) is 0 Å². The van der Waals surface area contributed by atoms with E-state index in [2.05, 4.69) is 0 Å². The third kappa shape index (κ3) is 3.91. The molecule has 1 aliphatic heterocycles. The van der Waals surface area contributed by atoms with Crippen molar-refractivity contribution >= 4 is 30.7 Å². The van der Waals surface area contributed by atoms with Crippen LogP contribution in [-0.4, -0.2) is 12.5 Å². The Bertz CT molecular complexity index is 189. The van der Waals surface area contributed by atoms with E-state index in [-0.39, 0.29) is 24.8 Å². The summed E-state index contributed by atoms with van der Waals surface area (Å²) < 4.78 is 4.79. The van der Waals surface area contributed by atoms with E-state index in [9.17, 15) is 4.79 Å². The van der Waals surface area contributed by atoms with Crippen molar-refractivity contribution in [1.29, 1.82) is 0 Å². The topological polar surface area (TPSA) is 52.3 Å². The molecule has 0 saturated carbocycles. The summed E-state index contributed by atoms with van der Waals surface area (Å²) in [6.07, 6.45) is 4.65. The van der Waals surface area contributed by atoms with Gasteiger partial charge in [-0.05, 0) is 12.2 Å². The Morgan fingerprint density at radius 2 is 2.18 bits per heavy atom. The number of carbonyl (C=O) groups is 1. The van der Waals surface area contributed by atoms with Crippen LogP contribution in [0.15, 0.2) is 24.0 Å². The number of hydrogen-bond acceptors (Lipinski definition) is 2. The first-order valence-corrected chi connectivity index (χ1v) is 2.59. The Hall–Kier alpha value is -0.670. The summed E-state index contributed by atoms with van der Waals surface area (Å²) in [6, 6.07) is 0. The normalized spacial score (nSPS) is 13.3. The minimum absolute atomic E-state index is 0. The molecule has 0 aromatic heterocycles. The summed E-state index contributed by atoms with van der Waals surface area (Å²) in [5.41, 5.74) is 5.47. The molecule has 0 aliphatic carbocycles. The fraction of sp³-hybridized carbons (Fsp3) is 0.167. The molecule has 0 unspecified atom stereocenters. The first kappa shape index (κ1) is 13.0. The summed E-state index contributed by atoms with van der Waals surface area (Å²) in [5.74, 6) is -0.408. The summed E-state index contributed by atoms with van der Waals surface area (Å²) in [5, 5.41) is 0. The molecule has 1 heterocycles. The minimum Gasteiger partial charge on any atom is -0.497 e. The van der Waals surface area contributed by atoms with Crippen molar-refractivity contribution in [2.45, 2.75) is 0 Å². The van der Waals surface area contributed by atoms with Gasteiger partial charge in [-0.25, -0.2) is 0 Å². The Kier molecular flexibility index (Phi) is 7.15. The average Bonchev–Trinajstić information content (AvgIpc) is 1.90. The predicted molar refractivity (Wildman–Crippen MR) is 46.9 cm³/mol. The van der Waals surface area contributed by atoms with Crippen molar-refractivity contribution in [1.82, 2.24) is 0 Å². The molecule has 0 saturated heterocycles. The lowest BCUT2D eigenvalue weighted by atomic mass is 10.2. The highest BCUT2D eigenvalue weighted by Gasteiger charge is 2.01. The second-order valence-electron chi connectivity index (χ2n) is 1.66. The molecule has 0 bridgehead atoms. The molecule has 2 N–H and O–H groups in total. The van der Waals surface area contributed by atoms with Gasteiger partial charge >= 0.3 is 0 Å². The zero-order valence-electron chi connectivity index (χ0n) is 5.65. The monoisotopic (exact) mass is 197 g/mol. The van der Waals surface area contributed by atoms with Gasteiger partial charge in [-0.15, -0.1) is 24.8 Å². The molecule has 0 radical (unpaired) electrons. The highest BCUT2D eigenvalue weighted by atomic mass is 35.5. The quantitative estimate of drug-likeness (QED) is 0.676. The third-order valence-electron chi connectivity index (χ3n) is 1.03. The van der Waals surface area contributed by atoms with Crippen LogP contribution < -0.4 is 5.73 Å². The van der Waals surface area contributed by atoms with Crippen LogP contribution in [0.1, 0.15) is 0 Å². The van der Waals surface area contributed by atoms with E-state index in [1.165, 1.54) is 6.26 Å². The molecule has 5 heteroatoms. The van der Waals surface area contributed by atoms with E-state index in [4.69, 9.17) is 10.5 Å². The van der Waals surface area contributed by atoms with Crippen molar-refractivity contribution in [3.05, 3.63) is 24.0 Å². The number of amides is 1. The molecule has 0 spiro atoms. The lowest BCUT2D eigenvalue weighted by molar-refractivity contribution is -0.114. The summed E-state index contributed by atoms with van der Waals surface area (Å²) >= 11 is 0. The van der Waals surface area contributed by atoms with E-state index in [1.54, 1.807) is 12.2 Å². The highest BCUT2D eigenvalue weighted by molar-refractivity contribution is 5.94. The molecule has 0 aromatic carbocycles. The van der Waals surface area contributed by atoms with Gasteiger partial charge in [0.1, 0.15) is 6.61 Å². The SMILES string of the molecule is Cl.Cl.NC(=O)C1=CCOC=C1. The minimum atomic E-state index is -0.408. The number of ether oxygens (including phenoxy) is 1. The molecular formula is C6H9Cl2NO2. The van der Waals surface area contributed by atoms with Gasteiger partial charge in [0.25, 0.3) is 0 Å². The van der Waals surface area contributed by atoms with Gasteiger partial charge in [0.15, 0.2) is 0 Å². The van der Waals surface area contributed by atoms with Gasteiger partial charge in [-0.3, -0.25) is 4.79 Å². The molecule has 1 aliphatic rings. The van der Waals surface area contributed by atoms with Gasteiger partial charge in [-0.2, -0.15) is 0 Å². The lowest BCUT2D eigenvalue weighted by Gasteiger charge is -2.02. The van der Waals surface area contributed by atoms with E-state index in [0.29, 0.717) is 12.2 Å². The van der Waals surface area contributed by atoms with Crippen molar-refractivity contribution in [3.8, 4) is 0 Å². The van der Waals surface area contributed by atoms with Gasteiger partial charge in [0, 0.05) is 5.57 Å². The van der Waals surface area contributed by atoms with Crippen molar-refractivity contribution in [2.24, 2.45) is 5.73 Å². The van der Waals surface area contributed by atoms with Crippen LogP contribution in [0.4, 0.5) is 0 Å². The van der Waals surface area contributed by atoms with Crippen LogP contribution in [0, 0.1) is 0 Å². The molecule has 64 valence electrons. The number of hydrogen-bond donors (Lipinski definition) is 1. The number of nitrogens with two attached hydrogens (primary N) is 1. The molecule has 0 fully saturated rings. The van der Waals surface area contributed by atoms with Gasteiger partial charge in [0.05, 0.1) is 6.26 Å². The maximum absolute atomic E-state index is 10.4. The first-order valence-electron chi connectivity index (χ1n) is 2.59. The zero-order valence-corrected chi connectivity index (χ0v) is 7.28. The maximum atomic E-state index is 10.4. The second-order valence-corrected chi connectivity index (χ2v) is 1.66. The first-order chi connectivity index (χ1) is 4.30. The molecule has 1 amide bonds. The summed E-state index contributed by atoms with van der Waals surface area (Å²) in [4.78, 5) is 10.4. The summed E-state index contributed by atoms with van der Waals surface area (Å²) in [7, 11) is 0. The van der Waals surface area contributed by atoms with E-state index in [0.717, 1.165) is 0 Å². The van der Waals surface area contributed by atoms with Crippen LogP contribution in [-0.2, 0) is 9.53 Å². The van der Waals surface area contributed by atoms with Crippen LogP contribution in [0.5, 0.6) is 0 Å². The number of primary amides is 1. The fourth-order valence-corrected chi connectivity index (χ4v) is 0.566. The van der Waals surface area contributed by atoms with Crippen LogP contribution >= 0.6 is 24.8 Å². The molecule has 1 rings (SSSR count). The molecule has 0 atom stereocenters. The molecular weight excluding hydrogens is 189 g/mol. The Morgan fingerprint density at radius 3 is 2.45 bits per heavy atom. The van der Waals surface area contributed by atoms with Crippen molar-refractivity contribution in [3.63, 3.8) is 0 Å². The third-order valence-corrected chi connectivity index (χ3v) is 1.03. The van der Waals surface area contributed by atoms with Gasteiger partial charge in [-0.1, -0.05) is 0 Å². The van der Waals surface area contributed by atoms with Crippen LogP contribution in [0.3, 0.4) is 0 Å². The highest BCUT2D eigenvalue weighted by Crippen LogP contribution is 2.01.